The van der Waals surface area contributed by atoms with E-state index < -0.39 is 0 Å². The fourth-order valence-electron chi connectivity index (χ4n) is 3.23. The number of hydrogen-bond acceptors (Lipinski definition) is 3. The number of aromatic nitrogens is 1. The summed E-state index contributed by atoms with van der Waals surface area (Å²) < 4.78 is 7.21. The van der Waals surface area contributed by atoms with Crippen molar-refractivity contribution in [2.75, 3.05) is 20.2 Å². The van der Waals surface area contributed by atoms with Gasteiger partial charge in [0.05, 0.1) is 13.2 Å². The van der Waals surface area contributed by atoms with E-state index in [-0.39, 0.29) is 17.1 Å². The van der Waals surface area contributed by atoms with Crippen molar-refractivity contribution in [3.05, 3.63) is 27.7 Å². The molecule has 0 saturated heterocycles. The molecule has 19 heavy (non-hydrogen) atoms. The molecule has 0 saturated carbocycles. The van der Waals surface area contributed by atoms with Crippen LogP contribution < -0.4 is 10.2 Å². The predicted molar refractivity (Wildman–Crippen MR) is 70.8 cm³/mol. The maximum Gasteiger partial charge on any atom is 0.274 e. The van der Waals surface area contributed by atoms with Gasteiger partial charge in [-0.1, -0.05) is 6.92 Å². The van der Waals surface area contributed by atoms with E-state index in [1.54, 1.807) is 6.07 Å². The highest BCUT2D eigenvalue weighted by Gasteiger charge is 2.38. The molecule has 0 bridgehead atoms. The Morgan fingerprint density at radius 3 is 2.89 bits per heavy atom. The zero-order valence-electron chi connectivity index (χ0n) is 11.3. The largest absolute Gasteiger partial charge is 0.491 e. The predicted octanol–water partition coefficient (Wildman–Crippen LogP) is 1.21. The molecule has 1 aromatic heterocycles. The first kappa shape index (κ1) is 12.3. The molecular weight excluding hydrogens is 244 g/mol. The maximum atomic E-state index is 12.6. The van der Waals surface area contributed by atoms with Gasteiger partial charge in [0, 0.05) is 24.8 Å². The van der Waals surface area contributed by atoms with Crippen molar-refractivity contribution in [3.63, 3.8) is 0 Å². The van der Waals surface area contributed by atoms with Gasteiger partial charge in [0.2, 0.25) is 5.43 Å². The van der Waals surface area contributed by atoms with Crippen LogP contribution in [0.3, 0.4) is 0 Å². The highest BCUT2D eigenvalue weighted by molar-refractivity contribution is 5.96. The second kappa shape index (κ2) is 4.40. The lowest BCUT2D eigenvalue weighted by Crippen LogP contribution is -2.44. The molecule has 0 radical (unpaired) electrons. The van der Waals surface area contributed by atoms with Gasteiger partial charge in [-0.15, -0.1) is 0 Å². The Bertz CT molecular complexity index is 591. The standard InChI is InChI=1S/C14H18N2O3/c1-3-6-15-8-10-5-4-9-7-11(17)13(19-2)12(14(15)18)16(9)10/h7,10H,3-6,8H2,1-2H3. The van der Waals surface area contributed by atoms with Gasteiger partial charge in [-0.05, 0) is 19.3 Å². The molecule has 1 atom stereocenters. The maximum absolute atomic E-state index is 12.6. The van der Waals surface area contributed by atoms with Crippen LogP contribution in [0, 0.1) is 0 Å². The number of nitrogens with zero attached hydrogens (tertiary/aromatic N) is 2. The van der Waals surface area contributed by atoms with Crippen molar-refractivity contribution in [3.8, 4) is 5.75 Å². The number of pyridine rings is 1. The first-order valence-electron chi connectivity index (χ1n) is 6.79. The number of ether oxygens (including phenoxy) is 1. The van der Waals surface area contributed by atoms with Crippen LogP contribution in [0.15, 0.2) is 10.9 Å². The smallest absolute Gasteiger partial charge is 0.274 e. The fraction of sp³-hybridized carbons (Fsp3) is 0.571. The van der Waals surface area contributed by atoms with E-state index in [0.717, 1.165) is 38.0 Å². The molecule has 0 aromatic carbocycles. The summed E-state index contributed by atoms with van der Waals surface area (Å²) in [4.78, 5) is 26.4. The molecule has 0 aliphatic carbocycles. The topological polar surface area (TPSA) is 51.5 Å². The van der Waals surface area contributed by atoms with E-state index in [0.29, 0.717) is 11.7 Å². The summed E-state index contributed by atoms with van der Waals surface area (Å²) in [6.07, 6.45) is 2.78. The number of carbonyl (C=O) groups excluding carboxylic acids is 1. The molecule has 3 heterocycles. The highest BCUT2D eigenvalue weighted by Crippen LogP contribution is 2.35. The third kappa shape index (κ3) is 1.68. The zero-order valence-corrected chi connectivity index (χ0v) is 11.3. The van der Waals surface area contributed by atoms with Gasteiger partial charge in [0.1, 0.15) is 0 Å². The van der Waals surface area contributed by atoms with Gasteiger partial charge in [0.25, 0.3) is 5.91 Å². The highest BCUT2D eigenvalue weighted by atomic mass is 16.5. The summed E-state index contributed by atoms with van der Waals surface area (Å²) >= 11 is 0. The lowest BCUT2D eigenvalue weighted by atomic mass is 10.1. The van der Waals surface area contributed by atoms with Gasteiger partial charge < -0.3 is 14.2 Å². The van der Waals surface area contributed by atoms with Crippen molar-refractivity contribution >= 4 is 5.91 Å². The van der Waals surface area contributed by atoms with E-state index in [1.807, 2.05) is 9.47 Å². The minimum atomic E-state index is -0.184. The quantitative estimate of drug-likeness (QED) is 0.822. The Labute approximate surface area is 111 Å². The molecule has 0 fully saturated rings. The third-order valence-corrected chi connectivity index (χ3v) is 4.00. The molecule has 102 valence electrons. The first-order valence-corrected chi connectivity index (χ1v) is 6.79. The number of rotatable bonds is 3. The number of aryl methyl sites for hydroxylation is 1. The second-order valence-corrected chi connectivity index (χ2v) is 5.20. The van der Waals surface area contributed by atoms with Crippen molar-refractivity contribution in [1.82, 2.24) is 9.47 Å². The molecule has 3 rings (SSSR count). The third-order valence-electron chi connectivity index (χ3n) is 4.00. The average Bonchev–Trinajstić information content (AvgIpc) is 2.78. The summed E-state index contributed by atoms with van der Waals surface area (Å²) in [6, 6.07) is 1.91. The Balaban J connectivity index is 2.20. The van der Waals surface area contributed by atoms with Crippen LogP contribution in [0.1, 0.15) is 42.0 Å². The van der Waals surface area contributed by atoms with Crippen LogP contribution in [-0.4, -0.2) is 35.6 Å². The monoisotopic (exact) mass is 262 g/mol. The lowest BCUT2D eigenvalue weighted by Gasteiger charge is -2.34. The molecule has 5 heteroatoms. The summed E-state index contributed by atoms with van der Waals surface area (Å²) in [6.45, 7) is 3.53. The van der Waals surface area contributed by atoms with E-state index >= 15 is 0 Å². The first-order chi connectivity index (χ1) is 9.17. The number of methoxy groups -OCH3 is 1. The Morgan fingerprint density at radius 2 is 2.21 bits per heavy atom. The molecule has 2 aliphatic rings. The zero-order chi connectivity index (χ0) is 13.6. The molecule has 1 unspecified atom stereocenters. The van der Waals surface area contributed by atoms with Gasteiger partial charge in [0.15, 0.2) is 11.4 Å². The second-order valence-electron chi connectivity index (χ2n) is 5.20. The summed E-state index contributed by atoms with van der Waals surface area (Å²) in [5.74, 6) is 0.122. The van der Waals surface area contributed by atoms with Gasteiger partial charge in [-0.3, -0.25) is 9.59 Å². The average molecular weight is 262 g/mol. The van der Waals surface area contributed by atoms with Crippen molar-refractivity contribution in [2.24, 2.45) is 0 Å². The molecule has 1 aromatic rings. The van der Waals surface area contributed by atoms with Gasteiger partial charge in [-0.25, -0.2) is 0 Å². The Hall–Kier alpha value is -1.78. The van der Waals surface area contributed by atoms with Crippen LogP contribution in [0.4, 0.5) is 0 Å². The normalized spacial score (nSPS) is 20.6. The molecule has 2 aliphatic heterocycles. The minimum absolute atomic E-state index is 0.0733. The SMILES string of the molecule is CCCN1CC2CCc3cc(=O)c(OC)c(n32)C1=O. The fourth-order valence-corrected chi connectivity index (χ4v) is 3.23. The van der Waals surface area contributed by atoms with E-state index in [4.69, 9.17) is 4.74 Å². The van der Waals surface area contributed by atoms with Crippen LogP contribution >= 0.6 is 0 Å². The van der Waals surface area contributed by atoms with Gasteiger partial charge >= 0.3 is 0 Å². The number of carbonyl (C=O) groups is 1. The lowest BCUT2D eigenvalue weighted by molar-refractivity contribution is 0.0666. The molecule has 0 spiro atoms. The minimum Gasteiger partial charge on any atom is -0.491 e. The van der Waals surface area contributed by atoms with Crippen molar-refractivity contribution in [1.29, 1.82) is 0 Å². The molecule has 5 nitrogen and oxygen atoms in total. The summed E-state index contributed by atoms with van der Waals surface area (Å²) in [5, 5.41) is 0. The van der Waals surface area contributed by atoms with E-state index in [9.17, 15) is 9.59 Å². The number of amides is 1. The van der Waals surface area contributed by atoms with Crippen LogP contribution in [-0.2, 0) is 6.42 Å². The Morgan fingerprint density at radius 1 is 1.42 bits per heavy atom. The summed E-state index contributed by atoms with van der Waals surface area (Å²) in [7, 11) is 1.45. The van der Waals surface area contributed by atoms with Gasteiger partial charge in [-0.2, -0.15) is 0 Å². The van der Waals surface area contributed by atoms with E-state index in [2.05, 4.69) is 6.92 Å². The number of hydrogen-bond donors (Lipinski definition) is 0. The van der Waals surface area contributed by atoms with E-state index in [1.165, 1.54) is 7.11 Å². The van der Waals surface area contributed by atoms with Crippen LogP contribution in [0.5, 0.6) is 5.75 Å². The summed E-state index contributed by atoms with van der Waals surface area (Å²) in [5.41, 5.74) is 1.23. The Kier molecular flexibility index (Phi) is 2.84. The van der Waals surface area contributed by atoms with Crippen LogP contribution in [0.2, 0.25) is 0 Å². The molecular formula is C14H18N2O3. The van der Waals surface area contributed by atoms with Crippen molar-refractivity contribution in [2.45, 2.75) is 32.2 Å². The van der Waals surface area contributed by atoms with Crippen molar-refractivity contribution < 1.29 is 9.53 Å². The molecule has 1 amide bonds. The van der Waals surface area contributed by atoms with Crippen LogP contribution in [0.25, 0.3) is 0 Å². The molecule has 0 N–H and O–H groups in total.